The highest BCUT2D eigenvalue weighted by molar-refractivity contribution is 7.99. The molecule has 2 nitrogen and oxygen atoms in total. The zero-order chi connectivity index (χ0) is 13.1. The molecule has 0 amide bonds. The zero-order valence-electron chi connectivity index (χ0n) is 11.3. The Bertz CT molecular complexity index is 423. The minimum atomic E-state index is -0.0773. The summed E-state index contributed by atoms with van der Waals surface area (Å²) >= 11 is 1.97. The van der Waals surface area contributed by atoms with Crippen LogP contribution in [0.1, 0.15) is 37.2 Å². The van der Waals surface area contributed by atoms with Gasteiger partial charge in [0.2, 0.25) is 0 Å². The normalized spacial score (nSPS) is 30.3. The fourth-order valence-electron chi connectivity index (χ4n) is 3.27. The lowest BCUT2D eigenvalue weighted by Gasteiger charge is -2.28. The first-order valence-corrected chi connectivity index (χ1v) is 8.43. The van der Waals surface area contributed by atoms with Crippen molar-refractivity contribution in [1.29, 1.82) is 0 Å². The second-order valence-electron chi connectivity index (χ2n) is 5.82. The van der Waals surface area contributed by atoms with Crippen LogP contribution in [0.4, 0.5) is 0 Å². The Hall–Kier alpha value is -0.510. The predicted molar refractivity (Wildman–Crippen MR) is 80.7 cm³/mol. The number of nitrogens with one attached hydrogen (secondary N) is 1. The highest BCUT2D eigenvalue weighted by Crippen LogP contribution is 2.38. The van der Waals surface area contributed by atoms with Crippen molar-refractivity contribution in [3.05, 3.63) is 29.8 Å². The predicted octanol–water partition coefficient (Wildman–Crippen LogP) is 3.02. The maximum atomic E-state index is 9.97. The number of rotatable bonds is 4. The molecule has 3 heteroatoms. The van der Waals surface area contributed by atoms with E-state index in [1.54, 1.807) is 0 Å². The lowest BCUT2D eigenvalue weighted by atomic mass is 9.86. The van der Waals surface area contributed by atoms with Crippen LogP contribution < -0.4 is 5.32 Å². The number of fused-ring (bicyclic) bond motifs is 1. The molecule has 0 aromatic heterocycles. The summed E-state index contributed by atoms with van der Waals surface area (Å²) in [5.41, 5.74) is 1.50. The van der Waals surface area contributed by atoms with Crippen LogP contribution in [0.5, 0.6) is 0 Å². The molecule has 1 aliphatic carbocycles. The van der Waals surface area contributed by atoms with Gasteiger partial charge in [0.25, 0.3) is 0 Å². The molecule has 0 spiro atoms. The number of aliphatic hydroxyl groups excluding tert-OH is 1. The van der Waals surface area contributed by atoms with E-state index in [-0.39, 0.29) is 6.10 Å². The molecule has 1 heterocycles. The van der Waals surface area contributed by atoms with Crippen molar-refractivity contribution in [3.63, 3.8) is 0 Å². The molecule has 0 bridgehead atoms. The fourth-order valence-corrected chi connectivity index (χ4v) is 4.52. The second-order valence-corrected chi connectivity index (χ2v) is 6.88. The summed E-state index contributed by atoms with van der Waals surface area (Å²) in [6.45, 7) is 2.03. The van der Waals surface area contributed by atoms with Gasteiger partial charge < -0.3 is 10.4 Å². The van der Waals surface area contributed by atoms with Crippen LogP contribution in [0.25, 0.3) is 0 Å². The number of aliphatic hydroxyl groups is 1. The number of benzene rings is 1. The van der Waals surface area contributed by atoms with Crippen LogP contribution in [-0.2, 0) is 0 Å². The van der Waals surface area contributed by atoms with E-state index in [0.29, 0.717) is 11.8 Å². The molecule has 0 saturated heterocycles. The summed E-state index contributed by atoms with van der Waals surface area (Å²) in [5, 5.41) is 13.6. The highest BCUT2D eigenvalue weighted by Gasteiger charge is 2.25. The van der Waals surface area contributed by atoms with E-state index in [4.69, 9.17) is 0 Å². The van der Waals surface area contributed by atoms with Gasteiger partial charge in [-0.15, -0.1) is 11.8 Å². The van der Waals surface area contributed by atoms with E-state index in [2.05, 4.69) is 29.6 Å². The first-order chi connectivity index (χ1) is 9.34. The Kier molecular flexibility index (Phi) is 4.46. The summed E-state index contributed by atoms with van der Waals surface area (Å²) in [5.74, 6) is 2.31. The molecule has 1 saturated carbocycles. The standard InChI is InChI=1S/C16H23NOS/c18-15-7-3-1-5-12(15)9-17-10-13-11-19-16-8-4-2-6-14(13)16/h2,4,6,8,12-13,15,17-18H,1,3,5,7,9-11H2. The molecule has 0 radical (unpaired) electrons. The van der Waals surface area contributed by atoms with E-state index in [0.717, 1.165) is 19.5 Å². The maximum Gasteiger partial charge on any atom is 0.0580 e. The average molecular weight is 277 g/mol. The van der Waals surface area contributed by atoms with Crippen molar-refractivity contribution in [2.75, 3.05) is 18.8 Å². The van der Waals surface area contributed by atoms with Gasteiger partial charge in [0.1, 0.15) is 0 Å². The van der Waals surface area contributed by atoms with Gasteiger partial charge in [-0.25, -0.2) is 0 Å². The van der Waals surface area contributed by atoms with Crippen molar-refractivity contribution >= 4 is 11.8 Å². The first kappa shape index (κ1) is 13.5. The molecule has 3 unspecified atom stereocenters. The van der Waals surface area contributed by atoms with Gasteiger partial charge >= 0.3 is 0 Å². The first-order valence-electron chi connectivity index (χ1n) is 7.45. The van der Waals surface area contributed by atoms with Gasteiger partial charge in [-0.2, -0.15) is 0 Å². The largest absolute Gasteiger partial charge is 0.393 e. The van der Waals surface area contributed by atoms with Crippen LogP contribution in [0.2, 0.25) is 0 Å². The minimum Gasteiger partial charge on any atom is -0.393 e. The van der Waals surface area contributed by atoms with Crippen LogP contribution in [-0.4, -0.2) is 30.1 Å². The quantitative estimate of drug-likeness (QED) is 0.887. The van der Waals surface area contributed by atoms with Gasteiger partial charge in [0.15, 0.2) is 0 Å². The summed E-state index contributed by atoms with van der Waals surface area (Å²) in [7, 11) is 0. The third kappa shape index (κ3) is 3.15. The number of hydrogen-bond donors (Lipinski definition) is 2. The lowest BCUT2D eigenvalue weighted by Crippen LogP contribution is -2.35. The molecule has 104 valence electrons. The minimum absolute atomic E-state index is 0.0773. The number of hydrogen-bond acceptors (Lipinski definition) is 3. The van der Waals surface area contributed by atoms with Gasteiger partial charge in [0.05, 0.1) is 6.10 Å². The monoisotopic (exact) mass is 277 g/mol. The van der Waals surface area contributed by atoms with Crippen LogP contribution in [0.3, 0.4) is 0 Å². The molecular weight excluding hydrogens is 254 g/mol. The van der Waals surface area contributed by atoms with Crippen molar-refractivity contribution in [3.8, 4) is 0 Å². The number of thioether (sulfide) groups is 1. The van der Waals surface area contributed by atoms with Crippen molar-refractivity contribution in [2.24, 2.45) is 5.92 Å². The third-order valence-corrected chi connectivity index (χ3v) is 5.72. The molecule has 2 N–H and O–H groups in total. The Morgan fingerprint density at radius 3 is 2.89 bits per heavy atom. The Morgan fingerprint density at radius 2 is 2.00 bits per heavy atom. The molecule has 1 aromatic rings. The molecule has 3 atom stereocenters. The lowest BCUT2D eigenvalue weighted by molar-refractivity contribution is 0.0696. The third-order valence-electron chi connectivity index (χ3n) is 4.47. The van der Waals surface area contributed by atoms with E-state index in [9.17, 15) is 5.11 Å². The fraction of sp³-hybridized carbons (Fsp3) is 0.625. The van der Waals surface area contributed by atoms with Gasteiger partial charge in [-0.05, 0) is 30.4 Å². The molecule has 2 aliphatic rings. The van der Waals surface area contributed by atoms with Crippen LogP contribution in [0.15, 0.2) is 29.2 Å². The van der Waals surface area contributed by atoms with Crippen molar-refractivity contribution < 1.29 is 5.11 Å². The molecule has 1 fully saturated rings. The molecule has 19 heavy (non-hydrogen) atoms. The Labute approximate surface area is 120 Å². The Morgan fingerprint density at radius 1 is 1.16 bits per heavy atom. The molecule has 3 rings (SSSR count). The highest BCUT2D eigenvalue weighted by atomic mass is 32.2. The topological polar surface area (TPSA) is 32.3 Å². The van der Waals surface area contributed by atoms with Crippen LogP contribution in [0, 0.1) is 5.92 Å². The van der Waals surface area contributed by atoms with E-state index in [1.807, 2.05) is 11.8 Å². The molecule has 1 aliphatic heterocycles. The summed E-state index contributed by atoms with van der Waals surface area (Å²) in [4.78, 5) is 1.45. The van der Waals surface area contributed by atoms with Crippen molar-refractivity contribution in [2.45, 2.75) is 42.6 Å². The summed E-state index contributed by atoms with van der Waals surface area (Å²) in [6, 6.07) is 8.75. The van der Waals surface area contributed by atoms with E-state index >= 15 is 0 Å². The SMILES string of the molecule is OC1CCCCC1CNCC1CSc2ccccc21. The smallest absolute Gasteiger partial charge is 0.0580 e. The zero-order valence-corrected chi connectivity index (χ0v) is 12.2. The molecule has 1 aromatic carbocycles. The van der Waals surface area contributed by atoms with E-state index in [1.165, 1.54) is 35.5 Å². The van der Waals surface area contributed by atoms with Gasteiger partial charge in [-0.1, -0.05) is 31.0 Å². The molecular formula is C16H23NOS. The van der Waals surface area contributed by atoms with Crippen LogP contribution >= 0.6 is 11.8 Å². The maximum absolute atomic E-state index is 9.97. The summed E-state index contributed by atoms with van der Waals surface area (Å²) < 4.78 is 0. The van der Waals surface area contributed by atoms with Gasteiger partial charge in [-0.3, -0.25) is 0 Å². The second kappa shape index (κ2) is 6.29. The average Bonchev–Trinajstić information content (AvgIpc) is 2.85. The van der Waals surface area contributed by atoms with Crippen molar-refractivity contribution in [1.82, 2.24) is 5.32 Å². The van der Waals surface area contributed by atoms with Gasteiger partial charge in [0, 0.05) is 29.7 Å². The van der Waals surface area contributed by atoms with E-state index < -0.39 is 0 Å². The summed E-state index contributed by atoms with van der Waals surface area (Å²) in [6.07, 6.45) is 4.58. The Balaban J connectivity index is 1.48.